The van der Waals surface area contributed by atoms with Crippen molar-refractivity contribution in [3.63, 3.8) is 0 Å². The Bertz CT molecular complexity index is 437. The summed E-state index contributed by atoms with van der Waals surface area (Å²) in [6.07, 6.45) is 0. The average Bonchev–Trinajstić information content (AvgIpc) is 2.28. The Labute approximate surface area is 97.0 Å². The van der Waals surface area contributed by atoms with E-state index in [1.807, 2.05) is 0 Å². The Hall–Kier alpha value is -2.02. The van der Waals surface area contributed by atoms with Gasteiger partial charge in [0.05, 0.1) is 4.92 Å². The van der Waals surface area contributed by atoms with Crippen molar-refractivity contribution in [1.82, 2.24) is 10.6 Å². The van der Waals surface area contributed by atoms with E-state index in [0.717, 1.165) is 18.2 Å². The topological polar surface area (TPSA) is 84.3 Å². The van der Waals surface area contributed by atoms with Crippen molar-refractivity contribution < 1.29 is 14.1 Å². The number of likely N-dealkylation sites (N-methyl/N-ethyl adjacent to an activating group) is 1. The Morgan fingerprint density at radius 2 is 2.18 bits per heavy atom. The van der Waals surface area contributed by atoms with Crippen LogP contribution in [0.5, 0.6) is 0 Å². The second kappa shape index (κ2) is 5.90. The zero-order valence-electron chi connectivity index (χ0n) is 9.20. The lowest BCUT2D eigenvalue weighted by Crippen LogP contribution is -2.30. The number of rotatable bonds is 5. The van der Waals surface area contributed by atoms with Gasteiger partial charge in [0.2, 0.25) is 0 Å². The highest BCUT2D eigenvalue weighted by Crippen LogP contribution is 2.19. The van der Waals surface area contributed by atoms with Gasteiger partial charge in [-0.1, -0.05) is 0 Å². The monoisotopic (exact) mass is 241 g/mol. The van der Waals surface area contributed by atoms with Gasteiger partial charge in [-0.2, -0.15) is 0 Å². The molecular formula is C10H12FN3O3. The molecule has 0 unspecified atom stereocenters. The molecular weight excluding hydrogens is 229 g/mol. The van der Waals surface area contributed by atoms with Crippen LogP contribution in [0.15, 0.2) is 18.2 Å². The van der Waals surface area contributed by atoms with Gasteiger partial charge in [0.15, 0.2) is 0 Å². The highest BCUT2D eigenvalue weighted by atomic mass is 19.1. The van der Waals surface area contributed by atoms with Crippen molar-refractivity contribution in [3.05, 3.63) is 39.7 Å². The van der Waals surface area contributed by atoms with Crippen LogP contribution in [-0.4, -0.2) is 31.0 Å². The number of amides is 1. The van der Waals surface area contributed by atoms with Crippen LogP contribution in [0.3, 0.4) is 0 Å². The lowest BCUT2D eigenvalue weighted by molar-refractivity contribution is -0.385. The summed E-state index contributed by atoms with van der Waals surface area (Å²) < 4.78 is 12.9. The number of hydrogen-bond acceptors (Lipinski definition) is 4. The van der Waals surface area contributed by atoms with Crippen LogP contribution >= 0.6 is 0 Å². The molecule has 0 saturated carbocycles. The maximum atomic E-state index is 12.9. The van der Waals surface area contributed by atoms with Gasteiger partial charge in [0, 0.05) is 19.2 Å². The fourth-order valence-electron chi connectivity index (χ4n) is 1.25. The molecule has 6 nitrogen and oxygen atoms in total. The van der Waals surface area contributed by atoms with Crippen molar-refractivity contribution in [2.24, 2.45) is 0 Å². The Balaban J connectivity index is 2.90. The van der Waals surface area contributed by atoms with E-state index in [4.69, 9.17) is 0 Å². The molecule has 0 saturated heterocycles. The summed E-state index contributed by atoms with van der Waals surface area (Å²) in [5, 5.41) is 15.9. The van der Waals surface area contributed by atoms with Gasteiger partial charge in [0.25, 0.3) is 11.6 Å². The highest BCUT2D eigenvalue weighted by molar-refractivity contribution is 5.98. The Morgan fingerprint density at radius 1 is 1.47 bits per heavy atom. The van der Waals surface area contributed by atoms with Crippen LogP contribution in [0.25, 0.3) is 0 Å². The quantitative estimate of drug-likeness (QED) is 0.451. The summed E-state index contributed by atoms with van der Waals surface area (Å²) in [5.41, 5.74) is -0.681. The van der Waals surface area contributed by atoms with E-state index in [1.54, 1.807) is 7.05 Å². The molecule has 1 amide bonds. The predicted octanol–water partition coefficient (Wildman–Crippen LogP) is 0.683. The Kier molecular flexibility index (Phi) is 4.53. The summed E-state index contributed by atoms with van der Waals surface area (Å²) in [6.45, 7) is 0.831. The van der Waals surface area contributed by atoms with Crippen LogP contribution in [0, 0.1) is 15.9 Å². The largest absolute Gasteiger partial charge is 0.351 e. The van der Waals surface area contributed by atoms with Crippen LogP contribution in [-0.2, 0) is 0 Å². The average molecular weight is 241 g/mol. The minimum atomic E-state index is -0.716. The van der Waals surface area contributed by atoms with Gasteiger partial charge < -0.3 is 10.6 Å². The molecule has 1 aromatic carbocycles. The van der Waals surface area contributed by atoms with Gasteiger partial charge in [-0.3, -0.25) is 14.9 Å². The Morgan fingerprint density at radius 3 is 2.76 bits per heavy atom. The van der Waals surface area contributed by atoms with Crippen LogP contribution in [0.1, 0.15) is 10.4 Å². The fraction of sp³-hybridized carbons (Fsp3) is 0.300. The summed E-state index contributed by atoms with van der Waals surface area (Å²) in [7, 11) is 1.71. The lowest BCUT2D eigenvalue weighted by atomic mass is 10.1. The smallest absolute Gasteiger partial charge is 0.282 e. The third-order valence-electron chi connectivity index (χ3n) is 2.06. The molecule has 1 rings (SSSR count). The minimum Gasteiger partial charge on any atom is -0.351 e. The number of halogens is 1. The number of nitro groups is 1. The maximum Gasteiger partial charge on any atom is 0.282 e. The predicted molar refractivity (Wildman–Crippen MR) is 59.3 cm³/mol. The fourth-order valence-corrected chi connectivity index (χ4v) is 1.25. The SMILES string of the molecule is CNCCNC(=O)c1cc(F)ccc1[N+](=O)[O-]. The molecule has 0 aliphatic carbocycles. The van der Waals surface area contributed by atoms with Gasteiger partial charge in [-0.05, 0) is 19.2 Å². The van der Waals surface area contributed by atoms with E-state index < -0.39 is 22.3 Å². The van der Waals surface area contributed by atoms with Crippen molar-refractivity contribution in [2.75, 3.05) is 20.1 Å². The molecule has 0 aromatic heterocycles. The first kappa shape index (κ1) is 13.0. The van der Waals surface area contributed by atoms with E-state index in [9.17, 15) is 19.3 Å². The number of hydrogen-bond donors (Lipinski definition) is 2. The standard InChI is InChI=1S/C10H12FN3O3/c1-12-4-5-13-10(15)8-6-7(11)2-3-9(8)14(16)17/h2-3,6,12H,4-5H2,1H3,(H,13,15). The molecule has 1 aromatic rings. The molecule has 0 bridgehead atoms. The second-order valence-corrected chi connectivity index (χ2v) is 3.28. The second-order valence-electron chi connectivity index (χ2n) is 3.28. The number of nitrogens with one attached hydrogen (secondary N) is 2. The lowest BCUT2D eigenvalue weighted by Gasteiger charge is -2.05. The summed E-state index contributed by atoms with van der Waals surface area (Å²) in [4.78, 5) is 21.5. The van der Waals surface area contributed by atoms with E-state index in [2.05, 4.69) is 10.6 Å². The minimum absolute atomic E-state index is 0.272. The van der Waals surface area contributed by atoms with Crippen LogP contribution < -0.4 is 10.6 Å². The molecule has 17 heavy (non-hydrogen) atoms. The first-order valence-electron chi connectivity index (χ1n) is 4.93. The van der Waals surface area contributed by atoms with Crippen molar-refractivity contribution in [1.29, 1.82) is 0 Å². The van der Waals surface area contributed by atoms with Gasteiger partial charge >= 0.3 is 0 Å². The van der Waals surface area contributed by atoms with E-state index in [-0.39, 0.29) is 5.56 Å². The number of carbonyl (C=O) groups is 1. The molecule has 0 spiro atoms. The van der Waals surface area contributed by atoms with Gasteiger partial charge in [0.1, 0.15) is 11.4 Å². The van der Waals surface area contributed by atoms with Gasteiger partial charge in [-0.15, -0.1) is 0 Å². The van der Waals surface area contributed by atoms with Crippen LogP contribution in [0.2, 0.25) is 0 Å². The number of benzene rings is 1. The first-order chi connectivity index (χ1) is 8.06. The molecule has 92 valence electrons. The summed E-state index contributed by atoms with van der Waals surface area (Å²) in [6, 6.07) is 2.78. The van der Waals surface area contributed by atoms with Crippen molar-refractivity contribution in [2.45, 2.75) is 0 Å². The van der Waals surface area contributed by atoms with Crippen molar-refractivity contribution in [3.8, 4) is 0 Å². The van der Waals surface area contributed by atoms with Crippen LogP contribution in [0.4, 0.5) is 10.1 Å². The van der Waals surface area contributed by atoms with Crippen molar-refractivity contribution >= 4 is 11.6 Å². The molecule has 2 N–H and O–H groups in total. The third kappa shape index (κ3) is 3.49. The first-order valence-corrected chi connectivity index (χ1v) is 4.93. The molecule has 0 aliphatic heterocycles. The zero-order valence-corrected chi connectivity index (χ0v) is 9.20. The number of nitro benzene ring substituents is 1. The number of carbonyl (C=O) groups excluding carboxylic acids is 1. The molecule has 0 aliphatic rings. The highest BCUT2D eigenvalue weighted by Gasteiger charge is 2.20. The maximum absolute atomic E-state index is 12.9. The van der Waals surface area contributed by atoms with E-state index in [0.29, 0.717) is 13.1 Å². The molecule has 0 fully saturated rings. The molecule has 0 heterocycles. The zero-order chi connectivity index (χ0) is 12.8. The number of nitrogens with zero attached hydrogens (tertiary/aromatic N) is 1. The molecule has 0 radical (unpaired) electrons. The molecule has 7 heteroatoms. The van der Waals surface area contributed by atoms with Gasteiger partial charge in [-0.25, -0.2) is 4.39 Å². The normalized spacial score (nSPS) is 10.0. The summed E-state index contributed by atoms with van der Waals surface area (Å²) >= 11 is 0. The third-order valence-corrected chi connectivity index (χ3v) is 2.06. The molecule has 0 atom stereocenters. The van der Waals surface area contributed by atoms with E-state index in [1.165, 1.54) is 0 Å². The summed E-state index contributed by atoms with van der Waals surface area (Å²) in [5.74, 6) is -1.35. The van der Waals surface area contributed by atoms with E-state index >= 15 is 0 Å².